The molecule has 3 fully saturated rings. The Morgan fingerprint density at radius 2 is 2.17 bits per heavy atom. The van der Waals surface area contributed by atoms with Gasteiger partial charge in [-0.25, -0.2) is 0 Å². The summed E-state index contributed by atoms with van der Waals surface area (Å²) in [6.45, 7) is 4.62. The van der Waals surface area contributed by atoms with E-state index in [0.29, 0.717) is 24.5 Å². The highest BCUT2D eigenvalue weighted by Crippen LogP contribution is 2.30. The zero-order chi connectivity index (χ0) is 12.4. The van der Waals surface area contributed by atoms with E-state index in [2.05, 4.69) is 10.2 Å². The molecule has 4 heteroatoms. The number of amides is 1. The molecule has 0 aromatic heterocycles. The maximum atomic E-state index is 12.5. The van der Waals surface area contributed by atoms with E-state index in [1.54, 1.807) is 0 Å². The van der Waals surface area contributed by atoms with Crippen LogP contribution in [0.3, 0.4) is 0 Å². The van der Waals surface area contributed by atoms with Crippen molar-refractivity contribution in [2.45, 2.75) is 38.1 Å². The molecule has 0 aromatic carbocycles. The summed E-state index contributed by atoms with van der Waals surface area (Å²) in [5.41, 5.74) is 0. The van der Waals surface area contributed by atoms with Crippen molar-refractivity contribution in [3.63, 3.8) is 0 Å². The molecule has 3 rings (SSSR count). The molecule has 0 radical (unpaired) electrons. The van der Waals surface area contributed by atoms with Crippen LogP contribution in [0.4, 0.5) is 0 Å². The van der Waals surface area contributed by atoms with E-state index in [1.807, 2.05) is 0 Å². The van der Waals surface area contributed by atoms with E-state index in [9.17, 15) is 4.79 Å². The van der Waals surface area contributed by atoms with Gasteiger partial charge >= 0.3 is 0 Å². The average Bonchev–Trinajstić information content (AvgIpc) is 3.10. The molecular formula is C14H24N2O2. The highest BCUT2D eigenvalue weighted by molar-refractivity contribution is 5.79. The Balaban J connectivity index is 1.64. The quantitative estimate of drug-likeness (QED) is 0.797. The lowest BCUT2D eigenvalue weighted by molar-refractivity contribution is -0.137. The van der Waals surface area contributed by atoms with Gasteiger partial charge in [-0.1, -0.05) is 0 Å². The van der Waals surface area contributed by atoms with Gasteiger partial charge in [0.1, 0.15) is 0 Å². The molecule has 4 nitrogen and oxygen atoms in total. The standard InChI is InChI=1S/C14H24N2O2/c17-14(12-5-8-18-10-12)16-7-2-4-13(16)11-3-1-6-15-9-11/h11-13,15H,1-10H2. The smallest absolute Gasteiger partial charge is 0.228 e. The Morgan fingerprint density at radius 1 is 1.22 bits per heavy atom. The number of nitrogens with one attached hydrogen (secondary N) is 1. The van der Waals surface area contributed by atoms with Crippen molar-refractivity contribution in [3.8, 4) is 0 Å². The topological polar surface area (TPSA) is 41.6 Å². The lowest BCUT2D eigenvalue weighted by atomic mass is 9.89. The summed E-state index contributed by atoms with van der Waals surface area (Å²) in [7, 11) is 0. The summed E-state index contributed by atoms with van der Waals surface area (Å²) in [5.74, 6) is 1.18. The molecule has 0 saturated carbocycles. The SMILES string of the molecule is O=C(C1CCOC1)N1CCCC1C1CCCNC1. The van der Waals surface area contributed by atoms with Crippen molar-refractivity contribution in [2.24, 2.45) is 11.8 Å². The zero-order valence-electron chi connectivity index (χ0n) is 11.1. The molecular weight excluding hydrogens is 228 g/mol. The molecule has 0 spiro atoms. The molecule has 3 heterocycles. The lowest BCUT2D eigenvalue weighted by Crippen LogP contribution is -2.47. The number of ether oxygens (including phenoxy) is 1. The predicted molar refractivity (Wildman–Crippen MR) is 69.3 cm³/mol. The fourth-order valence-electron chi connectivity index (χ4n) is 3.73. The number of carbonyl (C=O) groups is 1. The molecule has 1 N–H and O–H groups in total. The summed E-state index contributed by atoms with van der Waals surface area (Å²) >= 11 is 0. The monoisotopic (exact) mass is 252 g/mol. The Bertz CT molecular complexity index is 296. The molecule has 0 aromatic rings. The van der Waals surface area contributed by atoms with Gasteiger partial charge in [0.25, 0.3) is 0 Å². The second kappa shape index (κ2) is 5.57. The molecule has 0 bridgehead atoms. The van der Waals surface area contributed by atoms with Crippen molar-refractivity contribution >= 4 is 5.91 Å². The van der Waals surface area contributed by atoms with Gasteiger partial charge in [0.15, 0.2) is 0 Å². The fourth-order valence-corrected chi connectivity index (χ4v) is 3.73. The minimum absolute atomic E-state index is 0.141. The Labute approximate surface area is 109 Å². The van der Waals surface area contributed by atoms with Crippen LogP contribution in [0.5, 0.6) is 0 Å². The predicted octanol–water partition coefficient (Wildman–Crippen LogP) is 1.01. The van der Waals surface area contributed by atoms with Crippen molar-refractivity contribution in [1.82, 2.24) is 10.2 Å². The first-order valence-electron chi connectivity index (χ1n) is 7.45. The first-order chi connectivity index (χ1) is 8.86. The van der Waals surface area contributed by atoms with E-state index < -0.39 is 0 Å². The van der Waals surface area contributed by atoms with Gasteiger partial charge in [0.2, 0.25) is 5.91 Å². The molecule has 3 aliphatic heterocycles. The summed E-state index contributed by atoms with van der Waals surface area (Å²) < 4.78 is 5.36. The molecule has 3 saturated heterocycles. The number of likely N-dealkylation sites (tertiary alicyclic amines) is 1. The summed E-state index contributed by atoms with van der Waals surface area (Å²) in [6, 6.07) is 0.492. The normalized spacial score (nSPS) is 37.1. The highest BCUT2D eigenvalue weighted by Gasteiger charge is 2.38. The fraction of sp³-hybridized carbons (Fsp3) is 0.929. The number of hydrogen-bond acceptors (Lipinski definition) is 3. The van der Waals surface area contributed by atoms with Gasteiger partial charge in [-0.15, -0.1) is 0 Å². The molecule has 3 aliphatic rings. The van der Waals surface area contributed by atoms with E-state index in [1.165, 1.54) is 25.7 Å². The van der Waals surface area contributed by atoms with Gasteiger partial charge in [-0.05, 0) is 51.1 Å². The largest absolute Gasteiger partial charge is 0.381 e. The third-order valence-corrected chi connectivity index (χ3v) is 4.74. The molecule has 102 valence electrons. The van der Waals surface area contributed by atoms with Gasteiger partial charge in [0.05, 0.1) is 12.5 Å². The van der Waals surface area contributed by atoms with Crippen LogP contribution in [0.2, 0.25) is 0 Å². The Morgan fingerprint density at radius 3 is 2.89 bits per heavy atom. The van der Waals surface area contributed by atoms with Crippen molar-refractivity contribution in [2.75, 3.05) is 32.8 Å². The van der Waals surface area contributed by atoms with Crippen molar-refractivity contribution < 1.29 is 9.53 Å². The van der Waals surface area contributed by atoms with E-state index in [4.69, 9.17) is 4.74 Å². The van der Waals surface area contributed by atoms with E-state index >= 15 is 0 Å². The van der Waals surface area contributed by atoms with Crippen LogP contribution < -0.4 is 5.32 Å². The first-order valence-corrected chi connectivity index (χ1v) is 7.45. The van der Waals surface area contributed by atoms with Crippen LogP contribution in [0, 0.1) is 11.8 Å². The third kappa shape index (κ3) is 2.41. The van der Waals surface area contributed by atoms with E-state index in [0.717, 1.165) is 32.7 Å². The molecule has 3 unspecified atom stereocenters. The summed E-state index contributed by atoms with van der Waals surface area (Å²) in [4.78, 5) is 14.7. The third-order valence-electron chi connectivity index (χ3n) is 4.74. The minimum atomic E-state index is 0.141. The number of rotatable bonds is 2. The average molecular weight is 252 g/mol. The molecule has 1 amide bonds. The van der Waals surface area contributed by atoms with Gasteiger partial charge in [0, 0.05) is 19.2 Å². The number of nitrogens with zero attached hydrogens (tertiary/aromatic N) is 1. The summed E-state index contributed by atoms with van der Waals surface area (Å²) in [6.07, 6.45) is 5.84. The van der Waals surface area contributed by atoms with Crippen LogP contribution in [0.25, 0.3) is 0 Å². The summed E-state index contributed by atoms with van der Waals surface area (Å²) in [5, 5.41) is 3.48. The molecule has 0 aliphatic carbocycles. The van der Waals surface area contributed by atoms with Crippen molar-refractivity contribution in [3.05, 3.63) is 0 Å². The van der Waals surface area contributed by atoms with Gasteiger partial charge in [-0.2, -0.15) is 0 Å². The van der Waals surface area contributed by atoms with Crippen molar-refractivity contribution in [1.29, 1.82) is 0 Å². The number of hydrogen-bond donors (Lipinski definition) is 1. The van der Waals surface area contributed by atoms with Gasteiger partial charge in [-0.3, -0.25) is 4.79 Å². The van der Waals surface area contributed by atoms with Crippen LogP contribution in [0.1, 0.15) is 32.1 Å². The van der Waals surface area contributed by atoms with Crippen LogP contribution in [-0.4, -0.2) is 49.7 Å². The first kappa shape index (κ1) is 12.4. The second-order valence-corrected chi connectivity index (χ2v) is 5.91. The maximum Gasteiger partial charge on any atom is 0.228 e. The minimum Gasteiger partial charge on any atom is -0.381 e. The Kier molecular flexibility index (Phi) is 3.85. The Hall–Kier alpha value is -0.610. The lowest BCUT2D eigenvalue weighted by Gasteiger charge is -2.35. The van der Waals surface area contributed by atoms with E-state index in [-0.39, 0.29) is 5.92 Å². The van der Waals surface area contributed by atoms with Crippen LogP contribution in [0.15, 0.2) is 0 Å². The molecule has 18 heavy (non-hydrogen) atoms. The number of carbonyl (C=O) groups excluding carboxylic acids is 1. The maximum absolute atomic E-state index is 12.5. The zero-order valence-corrected chi connectivity index (χ0v) is 11.1. The highest BCUT2D eigenvalue weighted by atomic mass is 16.5. The van der Waals surface area contributed by atoms with Crippen LogP contribution in [-0.2, 0) is 9.53 Å². The molecule has 3 atom stereocenters. The van der Waals surface area contributed by atoms with Crippen LogP contribution >= 0.6 is 0 Å². The number of piperidine rings is 1. The second-order valence-electron chi connectivity index (χ2n) is 5.91. The van der Waals surface area contributed by atoms with Gasteiger partial charge < -0.3 is 15.0 Å².